The van der Waals surface area contributed by atoms with Crippen molar-refractivity contribution < 1.29 is 88.1 Å². The topological polar surface area (TPSA) is 9.23 Å². The Morgan fingerprint density at radius 2 is 0.585 bits per heavy atom. The van der Waals surface area contributed by atoms with Crippen LogP contribution < -0.4 is 0 Å². The standard InChI is InChI=1S/C21H30.C19H26.C14H28O.2C13H14.C10H14.2C9H18.CH4.8CH3.8ClH.4Zr/c1-20(2,3)16-7-9-18-14(12-16)11-15-13-17(21(4,5)6)8-10-19(15)18;1-2-3-4-5-8-15-11-12-19-17(13-15)14-16-9-6-7-10-18(16)19;1-14(2,3)15-12-8-4-5-9-13-10-6-7-11-13;2*1-3-7-12-10(5-1)9-11-6-2-4-8-13(11)12;1-8-6-9-4-2-3-5-10(9)7-8;1-6-5-7(2)9(4)8(6)3;1-2-3-6-9-7-4-5-8-9;;;;;;;;;;;;;;;;;;;;;/h7-10,12-15,18-19H,11H2,1-6H3;6-7,9-13,16-19H,2-5,8,14H2,1H3;13H,4-12H2,1-3H3;2*1-8,10-13H,9H2;2-5,8-10H,6-7H2,1H3;6-9H,5H2,1-4H3;9H,2-8H2,1H3;1H4;8*1H3;8*1H;;;;/q;;;;;;;;;8*-1;;;;;;;;;4*+4/p-8. The summed E-state index contributed by atoms with van der Waals surface area (Å²) >= 11 is -3.30. The summed E-state index contributed by atoms with van der Waals surface area (Å²) in [4.78, 5) is 0. The molecule has 0 N–H and O–H groups in total. The van der Waals surface area contributed by atoms with E-state index in [1.807, 2.05) is 0 Å². The van der Waals surface area contributed by atoms with Crippen LogP contribution in [0.1, 0.15) is 292 Å². The zero-order valence-electron chi connectivity index (χ0n) is 85.7. The van der Waals surface area contributed by atoms with Crippen molar-refractivity contribution in [3.63, 3.8) is 0 Å². The first-order chi connectivity index (χ1) is 58.1. The molecule has 1 nitrogen and oxygen atoms in total. The average Bonchev–Trinajstić information content (AvgIpc) is 1.61. The zero-order valence-corrected chi connectivity index (χ0v) is 102. The third kappa shape index (κ3) is 48.9. The molecule has 22 unspecified atom stereocenters. The summed E-state index contributed by atoms with van der Waals surface area (Å²) < 4.78 is 5.70. The van der Waals surface area contributed by atoms with Gasteiger partial charge in [-0.3, -0.25) is 0 Å². The summed E-state index contributed by atoms with van der Waals surface area (Å²) in [5.74, 6) is 21.1. The number of hydrogen-bond acceptors (Lipinski definition) is 1. The summed E-state index contributed by atoms with van der Waals surface area (Å²) in [6, 6.07) is 0. The van der Waals surface area contributed by atoms with Gasteiger partial charge in [0, 0.05) is 6.61 Å². The molecule has 0 bridgehead atoms. The molecule has 13 heteroatoms. The van der Waals surface area contributed by atoms with Crippen LogP contribution in [-0.2, 0) is 88.1 Å². The number of hydrogen-bond donors (Lipinski definition) is 0. The van der Waals surface area contributed by atoms with Crippen LogP contribution in [-0.4, -0.2) is 12.2 Å². The molecule has 17 rings (SSSR count). The number of rotatable bonds is 14. The molecule has 0 aliphatic heterocycles. The molecule has 0 radical (unpaired) electrons. The monoisotopic (exact) mass is 2250 g/mol. The van der Waals surface area contributed by atoms with Gasteiger partial charge in [-0.25, -0.2) is 0 Å². The molecule has 0 spiro atoms. The van der Waals surface area contributed by atoms with Gasteiger partial charge in [-0.2, -0.15) is 0 Å². The van der Waals surface area contributed by atoms with Crippen LogP contribution in [0.5, 0.6) is 0 Å². The summed E-state index contributed by atoms with van der Waals surface area (Å²) in [5.41, 5.74) is 5.24. The van der Waals surface area contributed by atoms with E-state index >= 15 is 0 Å². The summed E-state index contributed by atoms with van der Waals surface area (Å²) in [6.45, 7) is 37.7. The predicted octanol–water partition coefficient (Wildman–Crippen LogP) is 41.0. The number of unbranched alkanes of at least 4 members (excludes halogenated alkanes) is 6. The van der Waals surface area contributed by atoms with Gasteiger partial charge >= 0.3 is 151 Å². The summed E-state index contributed by atoms with van der Waals surface area (Å²) in [5, 5.41) is 0. The second-order valence-corrected chi connectivity index (χ2v) is 56.1. The summed E-state index contributed by atoms with van der Waals surface area (Å²) in [6.07, 6.45) is 116. The van der Waals surface area contributed by atoms with Crippen molar-refractivity contribution in [3.05, 3.63) is 277 Å². The predicted molar refractivity (Wildman–Crippen MR) is 582 cm³/mol. The Morgan fingerprint density at radius 1 is 0.308 bits per heavy atom. The summed E-state index contributed by atoms with van der Waals surface area (Å²) in [7, 11) is 39.5. The van der Waals surface area contributed by atoms with Crippen molar-refractivity contribution >= 4 is 68.1 Å². The maximum atomic E-state index is 5.70. The van der Waals surface area contributed by atoms with Crippen molar-refractivity contribution in [2.45, 2.75) is 297 Å². The minimum atomic E-state index is -0.826. The van der Waals surface area contributed by atoms with Crippen LogP contribution in [0.2, 0.25) is 0 Å². The Kier molecular flexibility index (Phi) is 80.2. The zero-order chi connectivity index (χ0) is 88.3. The second kappa shape index (κ2) is 75.9. The second-order valence-electron chi connectivity index (χ2n) is 41.2. The van der Waals surface area contributed by atoms with Gasteiger partial charge in [0.25, 0.3) is 0 Å². The normalized spacial score (nSPS) is 30.7. The van der Waals surface area contributed by atoms with E-state index in [0.29, 0.717) is 0 Å². The average molecular weight is 2260 g/mol. The minimum absolute atomic E-state index is 0. The van der Waals surface area contributed by atoms with Crippen molar-refractivity contribution in [2.75, 3.05) is 6.61 Å². The van der Waals surface area contributed by atoms with Crippen LogP contribution in [0.3, 0.4) is 0 Å². The molecule has 17 aliphatic rings. The fourth-order valence-corrected chi connectivity index (χ4v) is 22.5. The number of ether oxygens (including phenoxy) is 1. The molecule has 8 fully saturated rings. The molecule has 0 aromatic carbocycles. The molecule has 22 atom stereocenters. The van der Waals surface area contributed by atoms with E-state index < -0.39 is 83.4 Å². The van der Waals surface area contributed by atoms with E-state index in [0.717, 1.165) is 155 Å². The molecule has 0 heterocycles. The van der Waals surface area contributed by atoms with Crippen molar-refractivity contribution in [1.82, 2.24) is 0 Å². The van der Waals surface area contributed by atoms with Crippen LogP contribution in [0.15, 0.2) is 217 Å². The van der Waals surface area contributed by atoms with Crippen molar-refractivity contribution in [1.29, 1.82) is 0 Å². The van der Waals surface area contributed by atoms with Gasteiger partial charge in [-0.05, 0) is 255 Å². The van der Waals surface area contributed by atoms with E-state index in [9.17, 15) is 0 Å². The molecule has 0 amide bonds. The maximum absolute atomic E-state index is 5.70. The Labute approximate surface area is 884 Å². The SMILES string of the molecule is C.C1=CC2CC3C=CC=CC3C2C=C1.C1=CC2CC3C=CC=CC3C2C=C1.CC(C)(C)C1=CC2CC3C=C(C(C)(C)C)C=CC3C2C=C1.CC(C)(C)OCCCCCC1CCCC1.CC1CC(C)C(C)C1C.CC1CC2C=CC=CC2C1.CCCCC1CCCC1.CCCCCCC1=CC2CC3C=CC=CC3C2C=C1.[CH3-].[CH3-].[CH3-].[CH3-].[CH3-].[CH3-].[CH3-].[CH3-].[Cl][Zr+2][Cl].[Cl][Zr+2][Cl].[Cl][Zr+2][Cl].[Cl][Zr+2][Cl]. The van der Waals surface area contributed by atoms with Gasteiger partial charge in [0.05, 0.1) is 5.60 Å². The van der Waals surface area contributed by atoms with Gasteiger partial charge in [-0.15, -0.1) is 0 Å². The van der Waals surface area contributed by atoms with Gasteiger partial charge in [0.1, 0.15) is 0 Å². The van der Waals surface area contributed by atoms with E-state index in [-0.39, 0.29) is 83.3 Å². The number of halogens is 8. The Morgan fingerprint density at radius 3 is 0.892 bits per heavy atom. The Bertz CT molecular complexity index is 3250. The van der Waals surface area contributed by atoms with Gasteiger partial charge in [0.15, 0.2) is 0 Å². The molecular weight excluding hydrogens is 2070 g/mol. The molecule has 0 aromatic heterocycles. The molecule has 8 saturated carbocycles. The van der Waals surface area contributed by atoms with Crippen LogP contribution in [0.25, 0.3) is 0 Å². The van der Waals surface area contributed by atoms with Gasteiger partial charge in [-0.1, -0.05) is 413 Å². The third-order valence-electron chi connectivity index (χ3n) is 29.5. The van der Waals surface area contributed by atoms with E-state index in [1.54, 1.807) is 5.57 Å². The van der Waals surface area contributed by atoms with E-state index in [4.69, 9.17) is 72.8 Å². The first-order valence-electron chi connectivity index (χ1n) is 47.9. The molecule has 130 heavy (non-hydrogen) atoms. The van der Waals surface area contributed by atoms with E-state index in [1.165, 1.54) is 185 Å². The molecule has 0 saturated heterocycles. The van der Waals surface area contributed by atoms with Gasteiger partial charge in [0.2, 0.25) is 0 Å². The Hall–Kier alpha value is 1.13. The van der Waals surface area contributed by atoms with Gasteiger partial charge < -0.3 is 64.2 Å². The fourth-order valence-electron chi connectivity index (χ4n) is 22.5. The van der Waals surface area contributed by atoms with Crippen LogP contribution in [0.4, 0.5) is 0 Å². The fraction of sp³-hybridized carbons (Fsp3) is 0.624. The molecule has 0 aromatic rings. The first-order valence-corrected chi connectivity index (χ1v) is 73.2. The Balaban J connectivity index is -0.000000687. The third-order valence-corrected chi connectivity index (χ3v) is 29.5. The quantitative estimate of drug-likeness (QED) is 0.124. The molecular formula is C117H190Cl8OZr4. The van der Waals surface area contributed by atoms with Crippen LogP contribution >= 0.6 is 68.1 Å². The van der Waals surface area contributed by atoms with Crippen molar-refractivity contribution in [2.24, 2.45) is 159 Å². The first kappa shape index (κ1) is 137. The number of fused-ring (bicyclic) bond motifs is 13. The van der Waals surface area contributed by atoms with Crippen LogP contribution in [0, 0.1) is 218 Å². The molecule has 17 aliphatic carbocycles. The van der Waals surface area contributed by atoms with Crippen molar-refractivity contribution in [3.8, 4) is 0 Å². The number of allylic oxidation sites excluding steroid dienone is 36. The molecule has 736 valence electrons. The van der Waals surface area contributed by atoms with E-state index in [2.05, 4.69) is 311 Å².